The average Bonchev–Trinajstić information content (AvgIpc) is 2.90. The summed E-state index contributed by atoms with van der Waals surface area (Å²) in [6.45, 7) is 0. The van der Waals surface area contributed by atoms with Crippen molar-refractivity contribution in [3.63, 3.8) is 0 Å². The number of hydrogen-bond donors (Lipinski definition) is 1. The van der Waals surface area contributed by atoms with E-state index in [1.54, 1.807) is 6.07 Å². The number of carbonyl (C=O) groups excluding carboxylic acids is 2. The van der Waals surface area contributed by atoms with Gasteiger partial charge in [0.2, 0.25) is 0 Å². The molecule has 24 heavy (non-hydrogen) atoms. The number of nitrogens with one attached hydrogen (secondary N) is 1. The van der Waals surface area contributed by atoms with E-state index in [-0.39, 0.29) is 11.8 Å². The Hall–Kier alpha value is -2.49. The summed E-state index contributed by atoms with van der Waals surface area (Å²) in [5.74, 6) is -0.521. The van der Waals surface area contributed by atoms with E-state index in [2.05, 4.69) is 16.4 Å². The predicted molar refractivity (Wildman–Crippen MR) is 93.0 cm³/mol. The van der Waals surface area contributed by atoms with Crippen LogP contribution in [-0.2, 0) is 12.8 Å². The van der Waals surface area contributed by atoms with E-state index in [4.69, 9.17) is 0 Å². The first-order valence-corrected chi connectivity index (χ1v) is 8.63. The number of fused-ring (bicyclic) bond motifs is 1. The van der Waals surface area contributed by atoms with Gasteiger partial charge in [-0.2, -0.15) is 0 Å². The fraction of sp³-hybridized carbons (Fsp3) is 0.350. The lowest BCUT2D eigenvalue weighted by molar-refractivity contribution is 0.0879. The highest BCUT2D eigenvalue weighted by atomic mass is 16.2. The number of carbonyl (C=O) groups is 2. The summed E-state index contributed by atoms with van der Waals surface area (Å²) in [5, 5.41) is 2.37. The Labute approximate surface area is 142 Å². The van der Waals surface area contributed by atoms with Crippen LogP contribution in [0, 0.1) is 0 Å². The number of nitrogens with zero attached hydrogens (tertiary/aromatic N) is 1. The average molecular weight is 322 g/mol. The number of amides is 2. The minimum absolute atomic E-state index is 0.249. The van der Waals surface area contributed by atoms with Gasteiger partial charge < -0.3 is 0 Å². The van der Waals surface area contributed by atoms with Crippen molar-refractivity contribution >= 4 is 11.8 Å². The molecule has 0 saturated carbocycles. The first kappa shape index (κ1) is 16.4. The van der Waals surface area contributed by atoms with Crippen molar-refractivity contribution in [1.82, 2.24) is 10.3 Å². The van der Waals surface area contributed by atoms with Crippen LogP contribution in [-0.4, -0.2) is 16.8 Å². The van der Waals surface area contributed by atoms with Crippen molar-refractivity contribution in [1.29, 1.82) is 0 Å². The van der Waals surface area contributed by atoms with Crippen LogP contribution >= 0.6 is 0 Å². The summed E-state index contributed by atoms with van der Waals surface area (Å²) in [6.07, 6.45) is 9.46. The second-order valence-corrected chi connectivity index (χ2v) is 6.21. The maximum absolute atomic E-state index is 11.9. The van der Waals surface area contributed by atoms with Crippen LogP contribution in [0.25, 0.3) is 0 Å². The molecule has 0 radical (unpaired) electrons. The van der Waals surface area contributed by atoms with Gasteiger partial charge in [-0.15, -0.1) is 0 Å². The molecule has 3 rings (SSSR count). The minimum Gasteiger partial charge on any atom is -0.288 e. The maximum atomic E-state index is 11.9. The zero-order valence-corrected chi connectivity index (χ0v) is 13.8. The van der Waals surface area contributed by atoms with E-state index in [0.717, 1.165) is 43.4 Å². The van der Waals surface area contributed by atoms with E-state index in [1.165, 1.54) is 12.8 Å². The van der Waals surface area contributed by atoms with Crippen LogP contribution in [0.4, 0.5) is 0 Å². The molecule has 0 unspecified atom stereocenters. The second kappa shape index (κ2) is 7.86. The zero-order chi connectivity index (χ0) is 16.8. The van der Waals surface area contributed by atoms with Crippen LogP contribution in [0.3, 0.4) is 0 Å². The third-order valence-corrected chi connectivity index (χ3v) is 4.45. The monoisotopic (exact) mass is 322 g/mol. The maximum Gasteiger partial charge on any atom is 0.259 e. The van der Waals surface area contributed by atoms with Gasteiger partial charge in [0.1, 0.15) is 0 Å². The molecule has 0 aliphatic carbocycles. The van der Waals surface area contributed by atoms with Gasteiger partial charge in [-0.25, -0.2) is 0 Å². The summed E-state index contributed by atoms with van der Waals surface area (Å²) in [6, 6.07) is 11.6. The molecule has 0 atom stereocenters. The second-order valence-electron chi connectivity index (χ2n) is 6.21. The molecule has 2 heterocycles. The fourth-order valence-electron chi connectivity index (χ4n) is 3.20. The van der Waals surface area contributed by atoms with Gasteiger partial charge in [0.05, 0.1) is 11.1 Å². The van der Waals surface area contributed by atoms with Gasteiger partial charge in [0, 0.05) is 11.9 Å². The van der Waals surface area contributed by atoms with E-state index in [9.17, 15) is 9.59 Å². The molecule has 1 aromatic heterocycles. The molecule has 2 amide bonds. The van der Waals surface area contributed by atoms with Gasteiger partial charge in [-0.3, -0.25) is 19.9 Å². The van der Waals surface area contributed by atoms with E-state index in [1.807, 2.05) is 30.5 Å². The molecule has 124 valence electrons. The van der Waals surface area contributed by atoms with Crippen molar-refractivity contribution in [2.75, 3.05) is 0 Å². The molecule has 0 fully saturated rings. The molecule has 2 aromatic rings. The number of imide groups is 1. The fourth-order valence-corrected chi connectivity index (χ4v) is 3.20. The minimum atomic E-state index is -0.272. The van der Waals surface area contributed by atoms with Gasteiger partial charge in [-0.1, -0.05) is 37.5 Å². The highest BCUT2D eigenvalue weighted by Crippen LogP contribution is 2.22. The smallest absolute Gasteiger partial charge is 0.259 e. The molecule has 0 spiro atoms. The number of aryl methyl sites for hydroxylation is 2. The Balaban J connectivity index is 1.39. The summed E-state index contributed by atoms with van der Waals surface area (Å²) >= 11 is 0. The van der Waals surface area contributed by atoms with Crippen LogP contribution in [0.2, 0.25) is 0 Å². The summed E-state index contributed by atoms with van der Waals surface area (Å²) in [5.41, 5.74) is 3.25. The highest BCUT2D eigenvalue weighted by molar-refractivity contribution is 6.22. The Bertz CT molecular complexity index is 726. The lowest BCUT2D eigenvalue weighted by atomic mass is 9.97. The molecule has 0 saturated heterocycles. The van der Waals surface area contributed by atoms with Crippen molar-refractivity contribution < 1.29 is 9.59 Å². The van der Waals surface area contributed by atoms with Crippen LogP contribution in [0.5, 0.6) is 0 Å². The zero-order valence-electron chi connectivity index (χ0n) is 13.8. The Morgan fingerprint density at radius 2 is 1.58 bits per heavy atom. The Kier molecular flexibility index (Phi) is 5.36. The first-order valence-electron chi connectivity index (χ1n) is 8.63. The largest absolute Gasteiger partial charge is 0.288 e. The van der Waals surface area contributed by atoms with Crippen molar-refractivity contribution in [2.45, 2.75) is 44.9 Å². The quantitative estimate of drug-likeness (QED) is 0.595. The number of benzene rings is 1. The number of hydrogen-bond acceptors (Lipinski definition) is 3. The van der Waals surface area contributed by atoms with Crippen molar-refractivity contribution in [2.24, 2.45) is 0 Å². The van der Waals surface area contributed by atoms with E-state index >= 15 is 0 Å². The van der Waals surface area contributed by atoms with Crippen LogP contribution in [0.15, 0.2) is 42.6 Å². The third-order valence-electron chi connectivity index (χ3n) is 4.45. The van der Waals surface area contributed by atoms with E-state index in [0.29, 0.717) is 11.1 Å². The molecule has 1 aliphatic rings. The molecule has 4 heteroatoms. The first-order chi connectivity index (χ1) is 11.8. The number of aromatic nitrogens is 1. The van der Waals surface area contributed by atoms with Gasteiger partial charge >= 0.3 is 0 Å². The molecular formula is C20H22N2O2. The lowest BCUT2D eigenvalue weighted by Gasteiger charge is -2.06. The van der Waals surface area contributed by atoms with Gasteiger partial charge in [0.15, 0.2) is 0 Å². The van der Waals surface area contributed by atoms with Crippen molar-refractivity contribution in [3.8, 4) is 0 Å². The van der Waals surface area contributed by atoms with Crippen molar-refractivity contribution in [3.05, 3.63) is 65.0 Å². The number of unbranched alkanes of at least 4 members (excludes halogenated alkanes) is 4. The Morgan fingerprint density at radius 1 is 0.792 bits per heavy atom. The van der Waals surface area contributed by atoms with Crippen LogP contribution < -0.4 is 5.32 Å². The molecule has 1 aliphatic heterocycles. The van der Waals surface area contributed by atoms with Crippen LogP contribution in [0.1, 0.15) is 64.1 Å². The third kappa shape index (κ3) is 3.88. The topological polar surface area (TPSA) is 59.1 Å². The molecular weight excluding hydrogens is 300 g/mol. The molecule has 0 bridgehead atoms. The summed E-state index contributed by atoms with van der Waals surface area (Å²) < 4.78 is 0. The van der Waals surface area contributed by atoms with Gasteiger partial charge in [0.25, 0.3) is 11.8 Å². The van der Waals surface area contributed by atoms with Gasteiger partial charge in [-0.05, 0) is 49.4 Å². The lowest BCUT2D eigenvalue weighted by Crippen LogP contribution is -2.20. The summed E-state index contributed by atoms with van der Waals surface area (Å²) in [4.78, 5) is 27.9. The highest BCUT2D eigenvalue weighted by Gasteiger charge is 2.28. The van der Waals surface area contributed by atoms with E-state index < -0.39 is 0 Å². The predicted octanol–water partition coefficient (Wildman–Crippen LogP) is 3.70. The molecule has 1 aromatic carbocycles. The Morgan fingerprint density at radius 3 is 2.38 bits per heavy atom. The summed E-state index contributed by atoms with van der Waals surface area (Å²) in [7, 11) is 0. The number of pyridine rings is 1. The standard InChI is InChI=1S/C20H22N2O2/c23-19-17-13-8-10-15(18(17)20(24)22-19)9-4-2-1-3-5-11-16-12-6-7-14-21-16/h6-8,10,12-14H,1-5,9,11H2,(H,22,23,24). The SMILES string of the molecule is O=C1NC(=O)c2c(CCCCCCCc3ccccn3)cccc21. The molecule has 1 N–H and O–H groups in total. The number of rotatable bonds is 8. The normalized spacial score (nSPS) is 13.0. The molecule has 4 nitrogen and oxygen atoms in total.